The van der Waals surface area contributed by atoms with E-state index in [2.05, 4.69) is 22.0 Å². The van der Waals surface area contributed by atoms with Crippen molar-refractivity contribution in [3.05, 3.63) is 27.2 Å². The summed E-state index contributed by atoms with van der Waals surface area (Å²) >= 11 is 9.13. The Morgan fingerprint density at radius 3 is 2.85 bits per heavy atom. The Morgan fingerprint density at radius 1 is 1.62 bits per heavy atom. The highest BCUT2D eigenvalue weighted by molar-refractivity contribution is 9.10. The monoisotopic (exact) mass is 259 g/mol. The molecule has 13 heavy (non-hydrogen) atoms. The zero-order valence-corrected chi connectivity index (χ0v) is 9.32. The highest BCUT2D eigenvalue weighted by Gasteiger charge is 2.08. The summed E-state index contributed by atoms with van der Waals surface area (Å²) < 4.78 is 5.90. The van der Waals surface area contributed by atoms with Crippen molar-refractivity contribution in [3.8, 4) is 11.8 Å². The molecule has 0 aliphatic rings. The maximum atomic E-state index is 8.57. The van der Waals surface area contributed by atoms with Crippen LogP contribution in [0.25, 0.3) is 0 Å². The number of nitriles is 1. The van der Waals surface area contributed by atoms with Gasteiger partial charge in [-0.2, -0.15) is 5.26 Å². The minimum Gasteiger partial charge on any atom is -0.496 e. The third-order valence-electron chi connectivity index (χ3n) is 1.60. The number of benzene rings is 1. The first-order chi connectivity index (χ1) is 6.19. The molecule has 0 heterocycles. The number of methoxy groups -OCH3 is 1. The van der Waals surface area contributed by atoms with Crippen LogP contribution in [0.1, 0.15) is 5.56 Å². The molecule has 0 N–H and O–H groups in total. The zero-order chi connectivity index (χ0) is 9.84. The lowest BCUT2D eigenvalue weighted by Crippen LogP contribution is -1.92. The summed E-state index contributed by atoms with van der Waals surface area (Å²) in [5.41, 5.74) is 0.828. The Kier molecular flexibility index (Phi) is 3.58. The number of hydrogen-bond donors (Lipinski definition) is 0. The summed E-state index contributed by atoms with van der Waals surface area (Å²) in [7, 11) is 1.55. The second-order valence-electron chi connectivity index (χ2n) is 2.40. The topological polar surface area (TPSA) is 33.0 Å². The molecule has 0 bridgehead atoms. The number of rotatable bonds is 2. The van der Waals surface area contributed by atoms with E-state index >= 15 is 0 Å². The van der Waals surface area contributed by atoms with E-state index in [0.717, 1.165) is 10.0 Å². The third kappa shape index (κ3) is 2.36. The molecule has 4 heteroatoms. The van der Waals surface area contributed by atoms with Gasteiger partial charge in [0.2, 0.25) is 0 Å². The molecule has 0 aromatic heterocycles. The molecule has 2 nitrogen and oxygen atoms in total. The molecule has 0 spiro atoms. The first kappa shape index (κ1) is 10.4. The van der Waals surface area contributed by atoms with Crippen LogP contribution in [0.5, 0.6) is 5.75 Å². The van der Waals surface area contributed by atoms with Crippen molar-refractivity contribution in [1.82, 2.24) is 0 Å². The second kappa shape index (κ2) is 4.50. The minimum atomic E-state index is 0.306. The predicted octanol–water partition coefficient (Wildman–Crippen LogP) is 3.18. The average Bonchev–Trinajstić information content (AvgIpc) is 2.09. The fraction of sp³-hybridized carbons (Fsp3) is 0.222. The van der Waals surface area contributed by atoms with Crippen LogP contribution in [0.3, 0.4) is 0 Å². The summed E-state index contributed by atoms with van der Waals surface area (Å²) in [6.45, 7) is 0. The van der Waals surface area contributed by atoms with Gasteiger partial charge in [0, 0.05) is 15.1 Å². The van der Waals surface area contributed by atoms with Crippen molar-refractivity contribution in [3.63, 3.8) is 0 Å². The molecule has 1 aromatic rings. The summed E-state index contributed by atoms with van der Waals surface area (Å²) in [5.74, 6) is 0.640. The first-order valence-corrected chi connectivity index (χ1v) is 4.75. The Morgan fingerprint density at radius 2 is 2.31 bits per heavy atom. The maximum absolute atomic E-state index is 8.57. The Bertz CT molecular complexity index is 359. The molecule has 0 radical (unpaired) electrons. The van der Waals surface area contributed by atoms with E-state index in [-0.39, 0.29) is 0 Å². The molecule has 1 aromatic carbocycles. The Labute approximate surface area is 90.2 Å². The average molecular weight is 261 g/mol. The molecular formula is C9H7BrClNO. The number of halogens is 2. The summed E-state index contributed by atoms with van der Waals surface area (Å²) in [5, 5.41) is 9.16. The SMILES string of the molecule is COc1cc(Cl)cc(Br)c1CC#N. The van der Waals surface area contributed by atoms with E-state index in [9.17, 15) is 0 Å². The molecule has 0 aliphatic carbocycles. The smallest absolute Gasteiger partial charge is 0.125 e. The standard InChI is InChI=1S/C9H7BrClNO/c1-13-9-5-6(11)4-8(10)7(9)2-3-12/h4-5H,2H2,1H3. The third-order valence-corrected chi connectivity index (χ3v) is 2.52. The van der Waals surface area contributed by atoms with Crippen LogP contribution in [0.15, 0.2) is 16.6 Å². The zero-order valence-electron chi connectivity index (χ0n) is 6.97. The minimum absolute atomic E-state index is 0.306. The Balaban J connectivity index is 3.23. The van der Waals surface area contributed by atoms with E-state index in [4.69, 9.17) is 21.6 Å². The van der Waals surface area contributed by atoms with Crippen LogP contribution >= 0.6 is 27.5 Å². The largest absolute Gasteiger partial charge is 0.496 e. The molecule has 0 aliphatic heterocycles. The highest BCUT2D eigenvalue weighted by atomic mass is 79.9. The van der Waals surface area contributed by atoms with Crippen molar-refractivity contribution in [2.45, 2.75) is 6.42 Å². The molecule has 0 unspecified atom stereocenters. The molecule has 68 valence electrons. The normalized spacial score (nSPS) is 9.38. The molecule has 0 saturated carbocycles. The lowest BCUT2D eigenvalue weighted by atomic mass is 10.1. The quantitative estimate of drug-likeness (QED) is 0.818. The lowest BCUT2D eigenvalue weighted by Gasteiger charge is -2.07. The molecular weight excluding hydrogens is 253 g/mol. The van der Waals surface area contributed by atoms with Crippen molar-refractivity contribution < 1.29 is 4.74 Å². The van der Waals surface area contributed by atoms with Crippen LogP contribution in [-0.2, 0) is 6.42 Å². The number of nitrogens with zero attached hydrogens (tertiary/aromatic N) is 1. The van der Waals surface area contributed by atoms with Gasteiger partial charge in [0.1, 0.15) is 5.75 Å². The summed E-state index contributed by atoms with van der Waals surface area (Å²) in [6.07, 6.45) is 0.306. The fourth-order valence-corrected chi connectivity index (χ4v) is 1.93. The maximum Gasteiger partial charge on any atom is 0.125 e. The van der Waals surface area contributed by atoms with Crippen molar-refractivity contribution in [1.29, 1.82) is 5.26 Å². The lowest BCUT2D eigenvalue weighted by molar-refractivity contribution is 0.410. The van der Waals surface area contributed by atoms with Crippen LogP contribution in [0.4, 0.5) is 0 Å². The van der Waals surface area contributed by atoms with Crippen molar-refractivity contribution in [2.75, 3.05) is 7.11 Å². The molecule has 0 atom stereocenters. The summed E-state index contributed by atoms with van der Waals surface area (Å²) in [6, 6.07) is 5.51. The van der Waals surface area contributed by atoms with Gasteiger partial charge in [0.25, 0.3) is 0 Å². The molecule has 0 amide bonds. The van der Waals surface area contributed by atoms with Gasteiger partial charge in [-0.1, -0.05) is 27.5 Å². The van der Waals surface area contributed by atoms with Gasteiger partial charge < -0.3 is 4.74 Å². The van der Waals surface area contributed by atoms with Gasteiger partial charge >= 0.3 is 0 Å². The predicted molar refractivity (Wildman–Crippen MR) is 55.0 cm³/mol. The van der Waals surface area contributed by atoms with Gasteiger partial charge in [-0.05, 0) is 12.1 Å². The van der Waals surface area contributed by atoms with Crippen molar-refractivity contribution >= 4 is 27.5 Å². The second-order valence-corrected chi connectivity index (χ2v) is 3.69. The van der Waals surface area contributed by atoms with E-state index in [1.54, 1.807) is 19.2 Å². The van der Waals surface area contributed by atoms with Gasteiger partial charge in [0.05, 0.1) is 19.6 Å². The van der Waals surface area contributed by atoms with Crippen LogP contribution < -0.4 is 4.74 Å². The molecule has 0 saturated heterocycles. The van der Waals surface area contributed by atoms with Crippen LogP contribution in [-0.4, -0.2) is 7.11 Å². The van der Waals surface area contributed by atoms with E-state index in [1.165, 1.54) is 0 Å². The fourth-order valence-electron chi connectivity index (χ4n) is 1.01. The van der Waals surface area contributed by atoms with Gasteiger partial charge in [0.15, 0.2) is 0 Å². The van der Waals surface area contributed by atoms with Gasteiger partial charge in [-0.3, -0.25) is 0 Å². The van der Waals surface area contributed by atoms with Crippen LogP contribution in [0, 0.1) is 11.3 Å². The first-order valence-electron chi connectivity index (χ1n) is 3.58. The van der Waals surface area contributed by atoms with E-state index in [0.29, 0.717) is 17.2 Å². The van der Waals surface area contributed by atoms with Gasteiger partial charge in [-0.25, -0.2) is 0 Å². The van der Waals surface area contributed by atoms with E-state index in [1.807, 2.05) is 0 Å². The Hall–Kier alpha value is -0.720. The van der Waals surface area contributed by atoms with Crippen molar-refractivity contribution in [2.24, 2.45) is 0 Å². The van der Waals surface area contributed by atoms with Gasteiger partial charge in [-0.15, -0.1) is 0 Å². The highest BCUT2D eigenvalue weighted by Crippen LogP contribution is 2.31. The number of ether oxygens (including phenoxy) is 1. The summed E-state index contributed by atoms with van der Waals surface area (Å²) in [4.78, 5) is 0. The molecule has 1 rings (SSSR count). The number of hydrogen-bond acceptors (Lipinski definition) is 2. The molecule has 0 fully saturated rings. The van der Waals surface area contributed by atoms with Crippen LogP contribution in [0.2, 0.25) is 5.02 Å². The van der Waals surface area contributed by atoms with E-state index < -0.39 is 0 Å².